The zero-order chi connectivity index (χ0) is 4.50. The second kappa shape index (κ2) is 8.10. The van der Waals surface area contributed by atoms with Crippen LogP contribution in [0.25, 0.3) is 0 Å². The predicted octanol–water partition coefficient (Wildman–Crippen LogP) is -3.59. The summed E-state index contributed by atoms with van der Waals surface area (Å²) >= 11 is 0. The molecular weight excluding hydrogens is 147 g/mol. The third-order valence-corrected chi connectivity index (χ3v) is 0. The van der Waals surface area contributed by atoms with Gasteiger partial charge in [-0.2, -0.15) is 9.90 Å². The van der Waals surface area contributed by atoms with Crippen molar-refractivity contribution in [3.63, 3.8) is 0 Å². The maximum Gasteiger partial charge on any atom is 1.00 e. The van der Waals surface area contributed by atoms with E-state index in [-0.39, 0.29) is 36.3 Å². The molecule has 50 valence electrons. The third-order valence-electron chi connectivity index (χ3n) is 0. The van der Waals surface area contributed by atoms with Crippen molar-refractivity contribution in [2.45, 2.75) is 0 Å². The minimum absolute atomic E-state index is 0. The molecule has 0 heterocycles. The summed E-state index contributed by atoms with van der Waals surface area (Å²) in [6, 6.07) is 0. The molecule has 0 bridgehead atoms. The first-order valence-corrected chi connectivity index (χ1v) is 2.35. The van der Waals surface area contributed by atoms with E-state index < -0.39 is 7.82 Å². The van der Waals surface area contributed by atoms with Gasteiger partial charge in [0.15, 0.2) is 0 Å². The van der Waals surface area contributed by atoms with Crippen molar-refractivity contribution in [1.29, 1.82) is 0 Å². The second-order valence-electron chi connectivity index (χ2n) is 0.513. The Morgan fingerprint density at radius 2 is 1.25 bits per heavy atom. The summed E-state index contributed by atoms with van der Waals surface area (Å²) < 4.78 is 8.88. The van der Waals surface area contributed by atoms with E-state index in [1.54, 1.807) is 0 Å². The van der Waals surface area contributed by atoms with Gasteiger partial charge in [0.05, 0.1) is 0 Å². The van der Waals surface area contributed by atoms with Crippen LogP contribution in [0.3, 0.4) is 0 Å². The fraction of sp³-hybridized carbons (Fsp3) is 0. The first-order chi connectivity index (χ1) is 2.00. The molecule has 0 aromatic carbocycles. The van der Waals surface area contributed by atoms with Gasteiger partial charge in [-0.15, -0.1) is 0 Å². The van der Waals surface area contributed by atoms with Gasteiger partial charge in [-0.05, 0) is 0 Å². The summed E-state index contributed by atoms with van der Waals surface area (Å²) in [5.74, 6) is 0. The van der Waals surface area contributed by atoms with Gasteiger partial charge in [-0.1, -0.05) is 0 Å². The molecule has 0 rings (SSSR count). The fourth-order valence-corrected chi connectivity index (χ4v) is 0. The molecule has 0 fully saturated rings. The molecule has 0 radical (unpaired) electrons. The molecule has 0 amide bonds. The zero-order valence-electron chi connectivity index (χ0n) is 5.61. The van der Waals surface area contributed by atoms with Crippen LogP contribution in [-0.4, -0.2) is 14.7 Å². The Hall–Kier alpha value is 1.10. The van der Waals surface area contributed by atoms with Crippen molar-refractivity contribution in [2.24, 2.45) is 0 Å². The second-order valence-corrected chi connectivity index (χ2v) is 1.54. The quantitative estimate of drug-likeness (QED) is 0.214. The van der Waals surface area contributed by atoms with Gasteiger partial charge in [-0.25, -0.2) is 4.57 Å². The normalized spacial score (nSPS) is 7.38. The molecule has 0 saturated heterocycles. The standard InChI is InChI=1S/Li.H3N.H3O4P.H3P.H/c;;1-5(2,3)4;;/h;1H3;(H3,1,2,3,4);1H3;/q+1;;;;-1. The molecule has 5 nitrogen and oxygen atoms in total. The average molecular weight is 157 g/mol. The molecule has 8 heavy (non-hydrogen) atoms. The topological polar surface area (TPSA) is 113 Å². The molecular formula is H10LiNO4P2. The molecule has 6 N–H and O–H groups in total. The SMILES string of the molecule is N.O=P(O)(O)O.P.[H-].[Li+]. The Kier molecular flexibility index (Phi) is 23.2. The summed E-state index contributed by atoms with van der Waals surface area (Å²) in [4.78, 5) is 21.6. The van der Waals surface area contributed by atoms with Crippen LogP contribution in [0.2, 0.25) is 0 Å². The van der Waals surface area contributed by atoms with E-state index >= 15 is 0 Å². The first-order valence-electron chi connectivity index (χ1n) is 0.783. The summed E-state index contributed by atoms with van der Waals surface area (Å²) in [7, 11) is -4.64. The van der Waals surface area contributed by atoms with Crippen LogP contribution in [0.5, 0.6) is 0 Å². The van der Waals surface area contributed by atoms with Crippen molar-refractivity contribution in [3.8, 4) is 0 Å². The molecule has 1 atom stereocenters. The van der Waals surface area contributed by atoms with Crippen LogP contribution in [-0.2, 0) is 4.57 Å². The van der Waals surface area contributed by atoms with E-state index in [0.717, 1.165) is 0 Å². The van der Waals surface area contributed by atoms with Crippen LogP contribution in [0.4, 0.5) is 0 Å². The molecule has 0 aromatic rings. The van der Waals surface area contributed by atoms with E-state index in [9.17, 15) is 0 Å². The molecule has 0 aliphatic carbocycles. The predicted molar refractivity (Wildman–Crippen MR) is 31.5 cm³/mol. The van der Waals surface area contributed by atoms with Gasteiger partial charge in [0, 0.05) is 0 Å². The maximum absolute atomic E-state index is 8.88. The van der Waals surface area contributed by atoms with E-state index in [2.05, 4.69) is 0 Å². The van der Waals surface area contributed by atoms with Gasteiger partial charge in [0.2, 0.25) is 0 Å². The number of rotatable bonds is 0. The van der Waals surface area contributed by atoms with Gasteiger partial charge in [-0.3, -0.25) is 0 Å². The molecule has 0 aliphatic rings. The molecule has 0 spiro atoms. The zero-order valence-corrected chi connectivity index (χ0v) is 6.92. The van der Waals surface area contributed by atoms with Crippen molar-refractivity contribution < 1.29 is 39.5 Å². The Morgan fingerprint density at radius 1 is 1.25 bits per heavy atom. The average Bonchev–Trinajstić information content (AvgIpc) is 0.722. The smallest absolute Gasteiger partial charge is 1.00 e. The van der Waals surface area contributed by atoms with E-state index in [1.165, 1.54) is 0 Å². The Bertz CT molecular complexity index is 64.7. The monoisotopic (exact) mass is 157 g/mol. The first kappa shape index (κ1) is 23.0. The van der Waals surface area contributed by atoms with Crippen molar-refractivity contribution >= 4 is 17.7 Å². The van der Waals surface area contributed by atoms with E-state index in [0.29, 0.717) is 0 Å². The maximum atomic E-state index is 8.88. The van der Waals surface area contributed by atoms with E-state index in [1.807, 2.05) is 0 Å². The summed E-state index contributed by atoms with van der Waals surface area (Å²) in [6.45, 7) is 0. The van der Waals surface area contributed by atoms with Crippen LogP contribution in [0.15, 0.2) is 0 Å². The number of phosphoric acid groups is 1. The van der Waals surface area contributed by atoms with Crippen LogP contribution in [0, 0.1) is 0 Å². The summed E-state index contributed by atoms with van der Waals surface area (Å²) in [5.41, 5.74) is 0. The summed E-state index contributed by atoms with van der Waals surface area (Å²) in [6.07, 6.45) is 0. The Labute approximate surface area is 64.0 Å². The van der Waals surface area contributed by atoms with Crippen LogP contribution < -0.4 is 25.0 Å². The van der Waals surface area contributed by atoms with Gasteiger partial charge in [0.1, 0.15) is 0 Å². The van der Waals surface area contributed by atoms with Crippen molar-refractivity contribution in [3.05, 3.63) is 0 Å². The largest absolute Gasteiger partial charge is 1.00 e. The number of hydrogen-bond donors (Lipinski definition) is 4. The minimum Gasteiger partial charge on any atom is -1.00 e. The fourth-order valence-electron chi connectivity index (χ4n) is 0. The molecule has 1 unspecified atom stereocenters. The number of hydrogen-bond acceptors (Lipinski definition) is 2. The molecule has 0 aromatic heterocycles. The van der Waals surface area contributed by atoms with Crippen LogP contribution in [0.1, 0.15) is 1.43 Å². The van der Waals surface area contributed by atoms with E-state index in [4.69, 9.17) is 19.2 Å². The van der Waals surface area contributed by atoms with Crippen molar-refractivity contribution in [2.75, 3.05) is 0 Å². The van der Waals surface area contributed by atoms with Crippen molar-refractivity contribution in [1.82, 2.24) is 6.15 Å². The Morgan fingerprint density at radius 3 is 1.25 bits per heavy atom. The molecule has 8 heteroatoms. The third kappa shape index (κ3) is 219. The van der Waals surface area contributed by atoms with Gasteiger partial charge >= 0.3 is 26.7 Å². The van der Waals surface area contributed by atoms with Gasteiger partial charge < -0.3 is 22.3 Å². The Balaban J connectivity index is -0.0000000133. The van der Waals surface area contributed by atoms with Crippen LogP contribution >= 0.6 is 17.7 Å². The van der Waals surface area contributed by atoms with Gasteiger partial charge in [0.25, 0.3) is 0 Å². The summed E-state index contributed by atoms with van der Waals surface area (Å²) in [5, 5.41) is 0. The molecule has 0 aliphatic heterocycles. The minimum atomic E-state index is -4.64. The molecule has 0 saturated carbocycles.